The van der Waals surface area contributed by atoms with E-state index >= 15 is 0 Å². The van der Waals surface area contributed by atoms with Gasteiger partial charge in [0.25, 0.3) is 0 Å². The highest BCUT2D eigenvalue weighted by molar-refractivity contribution is 4.92. The van der Waals surface area contributed by atoms with E-state index in [0.717, 1.165) is 18.4 Å². The number of hydrogen-bond acceptors (Lipinski definition) is 2. The zero-order chi connectivity index (χ0) is 12.2. The molecule has 0 spiro atoms. The Bertz CT molecular complexity index is 203. The van der Waals surface area contributed by atoms with E-state index in [1.165, 1.54) is 25.7 Å². The van der Waals surface area contributed by atoms with E-state index in [0.29, 0.717) is 6.04 Å². The highest BCUT2D eigenvalue weighted by Gasteiger charge is 2.36. The van der Waals surface area contributed by atoms with Gasteiger partial charge in [0, 0.05) is 13.2 Å². The van der Waals surface area contributed by atoms with Crippen molar-refractivity contribution in [3.8, 4) is 0 Å². The van der Waals surface area contributed by atoms with E-state index in [9.17, 15) is 0 Å². The number of hydrogen-bond donors (Lipinski definition) is 1. The van der Waals surface area contributed by atoms with Gasteiger partial charge in [-0.05, 0) is 45.1 Å². The number of nitrogens with one attached hydrogen (secondary N) is 1. The van der Waals surface area contributed by atoms with E-state index in [1.807, 2.05) is 7.11 Å². The predicted molar refractivity (Wildman–Crippen MR) is 69.7 cm³/mol. The normalized spacial score (nSPS) is 29.1. The molecule has 16 heavy (non-hydrogen) atoms. The molecule has 0 bridgehead atoms. The van der Waals surface area contributed by atoms with Gasteiger partial charge in [-0.2, -0.15) is 0 Å². The summed E-state index contributed by atoms with van der Waals surface area (Å²) in [5.74, 6) is 1.66. The molecule has 0 radical (unpaired) electrons. The van der Waals surface area contributed by atoms with Crippen LogP contribution in [0.15, 0.2) is 0 Å². The summed E-state index contributed by atoms with van der Waals surface area (Å²) in [6.45, 7) is 10.0. The number of methoxy groups -OCH3 is 1. The van der Waals surface area contributed by atoms with Crippen LogP contribution in [0.1, 0.15) is 53.4 Å². The molecule has 0 aliphatic heterocycles. The van der Waals surface area contributed by atoms with Gasteiger partial charge in [-0.3, -0.25) is 0 Å². The third-order valence-corrected chi connectivity index (χ3v) is 4.15. The Hall–Kier alpha value is -0.0800. The van der Waals surface area contributed by atoms with Crippen LogP contribution in [-0.2, 0) is 4.74 Å². The van der Waals surface area contributed by atoms with Crippen LogP contribution in [-0.4, -0.2) is 25.3 Å². The first kappa shape index (κ1) is 14.0. The SMILES string of the molecule is CCNC(C1CCCC(C)C1)C(C)(C)OC. The van der Waals surface area contributed by atoms with Crippen LogP contribution in [0.4, 0.5) is 0 Å². The Morgan fingerprint density at radius 1 is 1.38 bits per heavy atom. The molecule has 0 heterocycles. The van der Waals surface area contributed by atoms with Crippen molar-refractivity contribution in [2.75, 3.05) is 13.7 Å². The fourth-order valence-corrected chi connectivity index (χ4v) is 3.11. The molecule has 0 saturated heterocycles. The predicted octanol–water partition coefficient (Wildman–Crippen LogP) is 3.22. The van der Waals surface area contributed by atoms with Crippen LogP contribution in [0.25, 0.3) is 0 Å². The molecule has 0 aromatic carbocycles. The van der Waals surface area contributed by atoms with Gasteiger partial charge in [-0.15, -0.1) is 0 Å². The van der Waals surface area contributed by atoms with Gasteiger partial charge in [0.05, 0.1) is 5.60 Å². The van der Waals surface area contributed by atoms with Crippen molar-refractivity contribution >= 4 is 0 Å². The molecule has 0 amide bonds. The molecular formula is C14H29NO. The quantitative estimate of drug-likeness (QED) is 0.778. The van der Waals surface area contributed by atoms with Crippen molar-refractivity contribution in [1.29, 1.82) is 0 Å². The molecule has 1 rings (SSSR count). The van der Waals surface area contributed by atoms with Crippen molar-refractivity contribution in [3.63, 3.8) is 0 Å². The largest absolute Gasteiger partial charge is 0.377 e. The Morgan fingerprint density at radius 3 is 2.56 bits per heavy atom. The summed E-state index contributed by atoms with van der Waals surface area (Å²) < 4.78 is 5.68. The fraction of sp³-hybridized carbons (Fsp3) is 1.00. The van der Waals surface area contributed by atoms with Gasteiger partial charge in [-0.1, -0.05) is 26.7 Å². The van der Waals surface area contributed by atoms with Crippen LogP contribution < -0.4 is 5.32 Å². The lowest BCUT2D eigenvalue weighted by molar-refractivity contribution is -0.0352. The lowest BCUT2D eigenvalue weighted by Gasteiger charge is -2.42. The average molecular weight is 227 g/mol. The van der Waals surface area contributed by atoms with Gasteiger partial charge in [-0.25, -0.2) is 0 Å². The topological polar surface area (TPSA) is 21.3 Å². The summed E-state index contributed by atoms with van der Waals surface area (Å²) in [5.41, 5.74) is -0.0578. The van der Waals surface area contributed by atoms with Crippen molar-refractivity contribution in [2.45, 2.75) is 65.0 Å². The van der Waals surface area contributed by atoms with E-state index in [-0.39, 0.29) is 5.60 Å². The Balaban J connectivity index is 2.68. The van der Waals surface area contributed by atoms with Gasteiger partial charge >= 0.3 is 0 Å². The average Bonchev–Trinajstić information content (AvgIpc) is 2.25. The Labute approximate surface area is 101 Å². The zero-order valence-corrected chi connectivity index (χ0v) is 11.7. The molecule has 1 saturated carbocycles. The molecule has 1 aliphatic carbocycles. The van der Waals surface area contributed by atoms with Crippen LogP contribution in [0.5, 0.6) is 0 Å². The highest BCUT2D eigenvalue weighted by atomic mass is 16.5. The molecule has 2 nitrogen and oxygen atoms in total. The van der Waals surface area contributed by atoms with Gasteiger partial charge in [0.15, 0.2) is 0 Å². The minimum absolute atomic E-state index is 0.0578. The molecule has 3 unspecified atom stereocenters. The number of ether oxygens (including phenoxy) is 1. The number of likely N-dealkylation sites (N-methyl/N-ethyl adjacent to an activating group) is 1. The second-order valence-corrected chi connectivity index (χ2v) is 5.87. The van der Waals surface area contributed by atoms with Crippen molar-refractivity contribution in [2.24, 2.45) is 11.8 Å². The maximum Gasteiger partial charge on any atom is 0.0777 e. The third-order valence-electron chi connectivity index (χ3n) is 4.15. The van der Waals surface area contributed by atoms with Crippen LogP contribution in [0.3, 0.4) is 0 Å². The fourth-order valence-electron chi connectivity index (χ4n) is 3.11. The molecule has 1 fully saturated rings. The summed E-state index contributed by atoms with van der Waals surface area (Å²) in [7, 11) is 1.83. The van der Waals surface area contributed by atoms with E-state index < -0.39 is 0 Å². The molecule has 2 heteroatoms. The Morgan fingerprint density at radius 2 is 2.06 bits per heavy atom. The zero-order valence-electron chi connectivity index (χ0n) is 11.7. The number of rotatable bonds is 5. The first-order valence-electron chi connectivity index (χ1n) is 6.79. The summed E-state index contributed by atoms with van der Waals surface area (Å²) >= 11 is 0. The minimum Gasteiger partial charge on any atom is -0.377 e. The highest BCUT2D eigenvalue weighted by Crippen LogP contribution is 2.35. The second kappa shape index (κ2) is 6.02. The molecule has 96 valence electrons. The third kappa shape index (κ3) is 3.46. The Kier molecular flexibility index (Phi) is 5.26. The molecular weight excluding hydrogens is 198 g/mol. The smallest absolute Gasteiger partial charge is 0.0777 e. The molecule has 1 aliphatic rings. The van der Waals surface area contributed by atoms with Crippen LogP contribution in [0, 0.1) is 11.8 Å². The molecule has 3 atom stereocenters. The molecule has 1 N–H and O–H groups in total. The van der Waals surface area contributed by atoms with E-state index in [2.05, 4.69) is 33.0 Å². The monoisotopic (exact) mass is 227 g/mol. The standard InChI is InChI=1S/C14H29NO/c1-6-15-13(14(3,4)16-5)12-9-7-8-11(2)10-12/h11-13,15H,6-10H2,1-5H3. The first-order valence-corrected chi connectivity index (χ1v) is 6.79. The van der Waals surface area contributed by atoms with Gasteiger partial charge in [0.1, 0.15) is 0 Å². The molecule has 0 aromatic rings. The first-order chi connectivity index (χ1) is 7.51. The minimum atomic E-state index is -0.0578. The van der Waals surface area contributed by atoms with Crippen molar-refractivity contribution < 1.29 is 4.74 Å². The maximum absolute atomic E-state index is 5.68. The summed E-state index contributed by atoms with van der Waals surface area (Å²) in [4.78, 5) is 0. The lowest BCUT2D eigenvalue weighted by atomic mass is 9.74. The maximum atomic E-state index is 5.68. The van der Waals surface area contributed by atoms with E-state index in [1.54, 1.807) is 0 Å². The van der Waals surface area contributed by atoms with Crippen LogP contribution in [0.2, 0.25) is 0 Å². The van der Waals surface area contributed by atoms with Gasteiger partial charge < -0.3 is 10.1 Å². The van der Waals surface area contributed by atoms with E-state index in [4.69, 9.17) is 4.74 Å². The summed E-state index contributed by atoms with van der Waals surface area (Å²) in [6.07, 6.45) is 5.50. The lowest BCUT2D eigenvalue weighted by Crippen LogP contribution is -2.53. The van der Waals surface area contributed by atoms with Gasteiger partial charge in [0.2, 0.25) is 0 Å². The summed E-state index contributed by atoms with van der Waals surface area (Å²) in [5, 5.41) is 3.64. The van der Waals surface area contributed by atoms with Crippen molar-refractivity contribution in [1.82, 2.24) is 5.32 Å². The van der Waals surface area contributed by atoms with Crippen LogP contribution >= 0.6 is 0 Å². The summed E-state index contributed by atoms with van der Waals surface area (Å²) in [6, 6.07) is 0.491. The molecule has 0 aromatic heterocycles. The van der Waals surface area contributed by atoms with Crippen molar-refractivity contribution in [3.05, 3.63) is 0 Å². The second-order valence-electron chi connectivity index (χ2n) is 5.87.